The maximum Gasteiger partial charge on any atom is 0.123 e. The zero-order chi connectivity index (χ0) is 13.0. The summed E-state index contributed by atoms with van der Waals surface area (Å²) in [6.45, 7) is 1.98. The molecule has 1 N–H and O–H groups in total. The van der Waals surface area contributed by atoms with Gasteiger partial charge in [0, 0.05) is 13.1 Å². The second-order valence-corrected chi connectivity index (χ2v) is 5.42. The summed E-state index contributed by atoms with van der Waals surface area (Å²) >= 11 is 0. The summed E-state index contributed by atoms with van der Waals surface area (Å²) in [4.78, 5) is 2.27. The van der Waals surface area contributed by atoms with Crippen LogP contribution in [-0.2, 0) is 0 Å². The van der Waals surface area contributed by atoms with Crippen molar-refractivity contribution in [2.45, 2.75) is 31.8 Å². The van der Waals surface area contributed by atoms with Crippen LogP contribution in [-0.4, -0.2) is 30.1 Å². The molecule has 2 rings (SSSR count). The van der Waals surface area contributed by atoms with Crippen molar-refractivity contribution >= 4 is 0 Å². The van der Waals surface area contributed by atoms with Crippen molar-refractivity contribution in [3.63, 3.8) is 0 Å². The first-order valence-electron chi connectivity index (χ1n) is 6.77. The normalized spacial score (nSPS) is 17.8. The molecular weight excluding hydrogens is 229 g/mol. The molecule has 0 spiro atoms. The number of halogens is 1. The van der Waals surface area contributed by atoms with Gasteiger partial charge in [-0.25, -0.2) is 4.39 Å². The quantitative estimate of drug-likeness (QED) is 0.840. The van der Waals surface area contributed by atoms with Gasteiger partial charge in [-0.05, 0) is 49.9 Å². The molecule has 1 aromatic carbocycles. The van der Waals surface area contributed by atoms with Crippen LogP contribution in [0.1, 0.15) is 37.4 Å². The molecule has 1 fully saturated rings. The van der Waals surface area contributed by atoms with Crippen LogP contribution in [0.25, 0.3) is 0 Å². The Hall–Kier alpha value is -0.930. The monoisotopic (exact) mass is 251 g/mol. The van der Waals surface area contributed by atoms with Crippen LogP contribution in [0.4, 0.5) is 4.39 Å². The third-order valence-corrected chi connectivity index (χ3v) is 3.81. The van der Waals surface area contributed by atoms with Gasteiger partial charge in [-0.1, -0.05) is 18.6 Å². The second kappa shape index (κ2) is 6.30. The fourth-order valence-corrected chi connectivity index (χ4v) is 2.43. The average Bonchev–Trinajstić information content (AvgIpc) is 2.31. The molecule has 1 saturated carbocycles. The van der Waals surface area contributed by atoms with E-state index in [0.29, 0.717) is 12.0 Å². The summed E-state index contributed by atoms with van der Waals surface area (Å²) in [5, 5.41) is 10.0. The summed E-state index contributed by atoms with van der Waals surface area (Å²) in [6, 6.07) is 6.24. The number of aliphatic hydroxyl groups is 1. The van der Waals surface area contributed by atoms with Crippen molar-refractivity contribution in [1.29, 1.82) is 0 Å². The lowest BCUT2D eigenvalue weighted by Gasteiger charge is -2.30. The zero-order valence-electron chi connectivity index (χ0n) is 11.0. The maximum absolute atomic E-state index is 13.0. The third-order valence-electron chi connectivity index (χ3n) is 3.81. The Morgan fingerprint density at radius 3 is 2.83 bits per heavy atom. The molecule has 1 atom stereocenters. The van der Waals surface area contributed by atoms with Crippen molar-refractivity contribution in [3.8, 4) is 0 Å². The van der Waals surface area contributed by atoms with Crippen molar-refractivity contribution < 1.29 is 9.50 Å². The number of hydrogen-bond donors (Lipinski definition) is 1. The van der Waals surface area contributed by atoms with E-state index in [-0.39, 0.29) is 5.82 Å². The third kappa shape index (κ3) is 3.79. The summed E-state index contributed by atoms with van der Waals surface area (Å²) in [5.41, 5.74) is 0.673. The van der Waals surface area contributed by atoms with Gasteiger partial charge >= 0.3 is 0 Å². The molecule has 0 bridgehead atoms. The van der Waals surface area contributed by atoms with Crippen LogP contribution in [0, 0.1) is 11.7 Å². The highest BCUT2D eigenvalue weighted by molar-refractivity contribution is 5.18. The van der Waals surface area contributed by atoms with E-state index in [9.17, 15) is 9.50 Å². The zero-order valence-corrected chi connectivity index (χ0v) is 11.0. The molecule has 0 saturated heterocycles. The summed E-state index contributed by atoms with van der Waals surface area (Å²) in [6.07, 6.45) is 4.15. The van der Waals surface area contributed by atoms with E-state index < -0.39 is 6.10 Å². The van der Waals surface area contributed by atoms with E-state index >= 15 is 0 Å². The Kier molecular flexibility index (Phi) is 4.72. The first-order chi connectivity index (χ1) is 8.65. The van der Waals surface area contributed by atoms with Crippen LogP contribution in [0.5, 0.6) is 0 Å². The summed E-state index contributed by atoms with van der Waals surface area (Å²) in [7, 11) is 2.09. The van der Waals surface area contributed by atoms with Gasteiger partial charge in [0.1, 0.15) is 5.82 Å². The Labute approximate surface area is 108 Å². The molecule has 3 heteroatoms. The molecule has 18 heavy (non-hydrogen) atoms. The number of aliphatic hydroxyl groups excluding tert-OH is 1. The molecule has 0 aliphatic heterocycles. The van der Waals surface area contributed by atoms with Crippen molar-refractivity contribution in [3.05, 3.63) is 35.6 Å². The van der Waals surface area contributed by atoms with E-state index in [2.05, 4.69) is 11.9 Å². The topological polar surface area (TPSA) is 23.5 Å². The van der Waals surface area contributed by atoms with E-state index in [1.165, 1.54) is 31.4 Å². The second-order valence-electron chi connectivity index (χ2n) is 5.42. The number of hydrogen-bond acceptors (Lipinski definition) is 2. The SMILES string of the molecule is CN(CCC(O)c1cccc(F)c1)CC1CCC1. The molecule has 100 valence electrons. The largest absolute Gasteiger partial charge is 0.388 e. The number of rotatable bonds is 6. The van der Waals surface area contributed by atoms with Crippen LogP contribution in [0.2, 0.25) is 0 Å². The first kappa shape index (κ1) is 13.5. The number of nitrogens with zero attached hydrogens (tertiary/aromatic N) is 1. The maximum atomic E-state index is 13.0. The highest BCUT2D eigenvalue weighted by Crippen LogP contribution is 2.27. The van der Waals surface area contributed by atoms with Gasteiger partial charge in [0.2, 0.25) is 0 Å². The standard InChI is InChI=1S/C15H22FNO/c1-17(11-12-4-2-5-12)9-8-15(18)13-6-3-7-14(16)10-13/h3,6-7,10,12,15,18H,2,4-5,8-9,11H2,1H3. The van der Waals surface area contributed by atoms with Crippen LogP contribution >= 0.6 is 0 Å². The summed E-state index contributed by atoms with van der Waals surface area (Å²) in [5.74, 6) is 0.565. The molecule has 1 aliphatic carbocycles. The Bertz CT molecular complexity index is 379. The number of benzene rings is 1. The highest BCUT2D eigenvalue weighted by Gasteiger charge is 2.19. The molecule has 1 aromatic rings. The highest BCUT2D eigenvalue weighted by atomic mass is 19.1. The minimum absolute atomic E-state index is 0.283. The van der Waals surface area contributed by atoms with Gasteiger partial charge in [-0.3, -0.25) is 0 Å². The Morgan fingerprint density at radius 2 is 2.22 bits per heavy atom. The predicted octanol–water partition coefficient (Wildman–Crippen LogP) is 2.98. The van der Waals surface area contributed by atoms with E-state index in [0.717, 1.165) is 19.0 Å². The molecule has 0 radical (unpaired) electrons. The van der Waals surface area contributed by atoms with E-state index in [4.69, 9.17) is 0 Å². The summed E-state index contributed by atoms with van der Waals surface area (Å²) < 4.78 is 13.0. The first-order valence-corrected chi connectivity index (χ1v) is 6.77. The van der Waals surface area contributed by atoms with Gasteiger partial charge in [-0.15, -0.1) is 0 Å². The molecule has 0 amide bonds. The van der Waals surface area contributed by atoms with Crippen molar-refractivity contribution in [2.24, 2.45) is 5.92 Å². The van der Waals surface area contributed by atoms with Gasteiger partial charge in [0.05, 0.1) is 6.10 Å². The molecule has 2 nitrogen and oxygen atoms in total. The van der Waals surface area contributed by atoms with Crippen LogP contribution in [0.3, 0.4) is 0 Å². The van der Waals surface area contributed by atoms with Crippen molar-refractivity contribution in [1.82, 2.24) is 4.90 Å². The van der Waals surface area contributed by atoms with Gasteiger partial charge in [0.15, 0.2) is 0 Å². The van der Waals surface area contributed by atoms with Crippen LogP contribution in [0.15, 0.2) is 24.3 Å². The lowest BCUT2D eigenvalue weighted by molar-refractivity contribution is 0.135. The van der Waals surface area contributed by atoms with Gasteiger partial charge in [-0.2, -0.15) is 0 Å². The predicted molar refractivity (Wildman–Crippen MR) is 70.8 cm³/mol. The van der Waals surface area contributed by atoms with E-state index in [1.807, 2.05) is 0 Å². The van der Waals surface area contributed by atoms with Gasteiger partial charge in [0.25, 0.3) is 0 Å². The molecule has 1 aliphatic rings. The molecule has 0 heterocycles. The van der Waals surface area contributed by atoms with E-state index in [1.54, 1.807) is 12.1 Å². The molecule has 0 aromatic heterocycles. The smallest absolute Gasteiger partial charge is 0.123 e. The average molecular weight is 251 g/mol. The van der Waals surface area contributed by atoms with Crippen LogP contribution < -0.4 is 0 Å². The fourth-order valence-electron chi connectivity index (χ4n) is 2.43. The Balaban J connectivity index is 1.75. The lowest BCUT2D eigenvalue weighted by Crippen LogP contribution is -2.30. The van der Waals surface area contributed by atoms with Gasteiger partial charge < -0.3 is 10.0 Å². The lowest BCUT2D eigenvalue weighted by atomic mass is 9.85. The minimum atomic E-state index is -0.565. The van der Waals surface area contributed by atoms with Crippen molar-refractivity contribution in [2.75, 3.05) is 20.1 Å². The molecule has 1 unspecified atom stereocenters. The fraction of sp³-hybridized carbons (Fsp3) is 0.600. The minimum Gasteiger partial charge on any atom is -0.388 e. The molecular formula is C15H22FNO. The Morgan fingerprint density at radius 1 is 1.44 bits per heavy atom.